The summed E-state index contributed by atoms with van der Waals surface area (Å²) in [6, 6.07) is 0. The summed E-state index contributed by atoms with van der Waals surface area (Å²) < 4.78 is 11.8. The molecule has 0 saturated carbocycles. The molecule has 1 N–H and O–H groups in total. The van der Waals surface area contributed by atoms with Crippen LogP contribution in [0.15, 0.2) is 0 Å². The molecular formula is C48H95NO5. The number of rotatable bonds is 43. The predicted octanol–water partition coefficient (Wildman–Crippen LogP) is 14.1. The first-order chi connectivity index (χ1) is 26.3. The van der Waals surface area contributed by atoms with Crippen LogP contribution in [0.4, 0.5) is 0 Å². The van der Waals surface area contributed by atoms with Gasteiger partial charge < -0.3 is 19.5 Å². The third-order valence-corrected chi connectivity index (χ3v) is 11.4. The first kappa shape index (κ1) is 52.9. The Hall–Kier alpha value is -1.14. The monoisotopic (exact) mass is 766 g/mol. The Balaban J connectivity index is 4.35. The topological polar surface area (TPSA) is 76.1 Å². The molecule has 322 valence electrons. The lowest BCUT2D eigenvalue weighted by Crippen LogP contribution is -2.31. The minimum Gasteiger partial charge on any atom is -0.466 e. The Bertz CT molecular complexity index is 786. The van der Waals surface area contributed by atoms with Crippen LogP contribution in [0.25, 0.3) is 0 Å². The minimum atomic E-state index is -0.437. The summed E-state index contributed by atoms with van der Waals surface area (Å²) in [4.78, 5) is 28.1. The summed E-state index contributed by atoms with van der Waals surface area (Å²) >= 11 is 0. The van der Waals surface area contributed by atoms with Crippen molar-refractivity contribution in [1.82, 2.24) is 4.90 Å². The standard InChI is InChI=1S/C48H95NO5/c1-6-9-12-15-18-19-20-21-24-29-38-46(51)53-44-35-33-42-49(41-32-34-43-50)40-31-26-25-30-39-48(4,5)47(52)54-45(36-27-22-16-13-10-7-2)37-28-23-17-14-11-8-3/h45,50H,6-44H2,1-5H3. The second-order valence-electron chi connectivity index (χ2n) is 17.3. The molecule has 0 aromatic heterocycles. The molecule has 0 aliphatic rings. The van der Waals surface area contributed by atoms with Crippen LogP contribution >= 0.6 is 0 Å². The van der Waals surface area contributed by atoms with Gasteiger partial charge in [0, 0.05) is 13.0 Å². The maximum atomic E-state index is 13.4. The van der Waals surface area contributed by atoms with Gasteiger partial charge in [0.1, 0.15) is 6.10 Å². The largest absolute Gasteiger partial charge is 0.466 e. The van der Waals surface area contributed by atoms with Gasteiger partial charge in [0.15, 0.2) is 0 Å². The molecule has 0 bridgehead atoms. The first-order valence-electron chi connectivity index (χ1n) is 24.0. The van der Waals surface area contributed by atoms with Crippen molar-refractivity contribution in [2.24, 2.45) is 5.41 Å². The van der Waals surface area contributed by atoms with Gasteiger partial charge in [-0.25, -0.2) is 0 Å². The lowest BCUT2D eigenvalue weighted by molar-refractivity contribution is -0.161. The smallest absolute Gasteiger partial charge is 0.311 e. The van der Waals surface area contributed by atoms with Gasteiger partial charge in [-0.15, -0.1) is 0 Å². The summed E-state index contributed by atoms with van der Waals surface area (Å²) in [6.45, 7) is 14.8. The third kappa shape index (κ3) is 35.3. The van der Waals surface area contributed by atoms with Crippen molar-refractivity contribution < 1.29 is 24.2 Å². The zero-order chi connectivity index (χ0) is 39.8. The number of ether oxygens (including phenoxy) is 2. The lowest BCUT2D eigenvalue weighted by Gasteiger charge is -2.27. The van der Waals surface area contributed by atoms with Gasteiger partial charge in [-0.3, -0.25) is 9.59 Å². The Morgan fingerprint density at radius 2 is 0.926 bits per heavy atom. The van der Waals surface area contributed by atoms with Crippen molar-refractivity contribution in [3.63, 3.8) is 0 Å². The molecule has 0 heterocycles. The highest BCUT2D eigenvalue weighted by Gasteiger charge is 2.30. The van der Waals surface area contributed by atoms with Crippen molar-refractivity contribution in [1.29, 1.82) is 0 Å². The number of unbranched alkanes of at least 4 members (excludes halogenated alkanes) is 24. The number of hydrogen-bond acceptors (Lipinski definition) is 6. The quantitative estimate of drug-likeness (QED) is 0.0492. The second kappa shape index (κ2) is 40.1. The SMILES string of the molecule is CCCCCCCCCCCCC(=O)OCCCCN(CCCCO)CCCCCCC(C)(C)C(=O)OC(CCCCCCCC)CCCCCCCC. The normalized spacial score (nSPS) is 11.9. The molecule has 0 atom stereocenters. The summed E-state index contributed by atoms with van der Waals surface area (Å²) in [5.41, 5.74) is -0.437. The highest BCUT2D eigenvalue weighted by molar-refractivity contribution is 5.76. The molecule has 0 spiro atoms. The number of nitrogens with zero attached hydrogens (tertiary/aromatic N) is 1. The Labute approximate surface area is 337 Å². The Morgan fingerprint density at radius 1 is 0.519 bits per heavy atom. The highest BCUT2D eigenvalue weighted by atomic mass is 16.5. The molecule has 6 nitrogen and oxygen atoms in total. The number of carbonyl (C=O) groups is 2. The van der Waals surface area contributed by atoms with E-state index in [1.54, 1.807) is 0 Å². The third-order valence-electron chi connectivity index (χ3n) is 11.4. The van der Waals surface area contributed by atoms with Gasteiger partial charge in [0.05, 0.1) is 12.0 Å². The predicted molar refractivity (Wildman–Crippen MR) is 232 cm³/mol. The average molecular weight is 766 g/mol. The van der Waals surface area contributed by atoms with Crippen molar-refractivity contribution in [2.45, 2.75) is 259 Å². The van der Waals surface area contributed by atoms with E-state index in [9.17, 15) is 14.7 Å². The second-order valence-corrected chi connectivity index (χ2v) is 17.3. The van der Waals surface area contributed by atoms with Gasteiger partial charge in [-0.2, -0.15) is 0 Å². The van der Waals surface area contributed by atoms with E-state index in [4.69, 9.17) is 9.47 Å². The molecule has 0 aliphatic carbocycles. The molecule has 0 aliphatic heterocycles. The molecule has 0 unspecified atom stereocenters. The maximum Gasteiger partial charge on any atom is 0.311 e. The number of hydrogen-bond donors (Lipinski definition) is 1. The zero-order valence-corrected chi connectivity index (χ0v) is 37.2. The lowest BCUT2D eigenvalue weighted by atomic mass is 9.86. The number of carbonyl (C=O) groups excluding carboxylic acids is 2. The van der Waals surface area contributed by atoms with E-state index in [0.717, 1.165) is 103 Å². The molecule has 54 heavy (non-hydrogen) atoms. The van der Waals surface area contributed by atoms with Crippen LogP contribution in [-0.4, -0.2) is 60.9 Å². The Kier molecular flexibility index (Phi) is 39.2. The van der Waals surface area contributed by atoms with Crippen LogP contribution in [0, 0.1) is 5.41 Å². The molecule has 0 fully saturated rings. The fourth-order valence-corrected chi connectivity index (χ4v) is 7.47. The van der Waals surface area contributed by atoms with Crippen LogP contribution in [0.1, 0.15) is 253 Å². The minimum absolute atomic E-state index is 0.00371. The van der Waals surface area contributed by atoms with Crippen molar-refractivity contribution in [2.75, 3.05) is 32.8 Å². The van der Waals surface area contributed by atoms with Gasteiger partial charge in [-0.05, 0) is 104 Å². The van der Waals surface area contributed by atoms with Crippen molar-refractivity contribution in [3.8, 4) is 0 Å². The summed E-state index contributed by atoms with van der Waals surface area (Å²) in [7, 11) is 0. The highest BCUT2D eigenvalue weighted by Crippen LogP contribution is 2.28. The van der Waals surface area contributed by atoms with E-state index in [-0.39, 0.29) is 24.6 Å². The number of esters is 2. The average Bonchev–Trinajstić information content (AvgIpc) is 3.15. The van der Waals surface area contributed by atoms with Crippen LogP contribution in [0.2, 0.25) is 0 Å². The molecule has 0 aromatic carbocycles. The molecule has 0 aromatic rings. The van der Waals surface area contributed by atoms with E-state index in [1.165, 1.54) is 128 Å². The van der Waals surface area contributed by atoms with Crippen LogP contribution in [0.5, 0.6) is 0 Å². The van der Waals surface area contributed by atoms with E-state index in [1.807, 2.05) is 0 Å². The number of aliphatic hydroxyl groups is 1. The van der Waals surface area contributed by atoms with Crippen LogP contribution in [0.3, 0.4) is 0 Å². The summed E-state index contributed by atoms with van der Waals surface area (Å²) in [5.74, 6) is -0.0315. The van der Waals surface area contributed by atoms with Gasteiger partial charge >= 0.3 is 11.9 Å². The molecule has 0 radical (unpaired) electrons. The van der Waals surface area contributed by atoms with E-state index >= 15 is 0 Å². The van der Waals surface area contributed by atoms with Crippen LogP contribution < -0.4 is 0 Å². The summed E-state index contributed by atoms with van der Waals surface area (Å²) in [6.07, 6.45) is 39.9. The molecule has 0 saturated heterocycles. The first-order valence-corrected chi connectivity index (χ1v) is 24.0. The Morgan fingerprint density at radius 3 is 1.43 bits per heavy atom. The van der Waals surface area contributed by atoms with Crippen LogP contribution in [-0.2, 0) is 19.1 Å². The molecule has 0 amide bonds. The van der Waals surface area contributed by atoms with E-state index in [0.29, 0.717) is 13.0 Å². The van der Waals surface area contributed by atoms with Crippen molar-refractivity contribution in [3.05, 3.63) is 0 Å². The summed E-state index contributed by atoms with van der Waals surface area (Å²) in [5, 5.41) is 9.30. The van der Waals surface area contributed by atoms with Gasteiger partial charge in [0.25, 0.3) is 0 Å². The molecule has 6 heteroatoms. The maximum absolute atomic E-state index is 13.4. The fraction of sp³-hybridized carbons (Fsp3) is 0.958. The fourth-order valence-electron chi connectivity index (χ4n) is 7.47. The number of aliphatic hydroxyl groups excluding tert-OH is 1. The van der Waals surface area contributed by atoms with E-state index < -0.39 is 5.41 Å². The van der Waals surface area contributed by atoms with Gasteiger partial charge in [0.2, 0.25) is 0 Å². The van der Waals surface area contributed by atoms with E-state index in [2.05, 4.69) is 39.5 Å². The zero-order valence-electron chi connectivity index (χ0n) is 37.2. The molecule has 0 rings (SSSR count). The molecular weight excluding hydrogens is 671 g/mol. The van der Waals surface area contributed by atoms with Crippen molar-refractivity contribution >= 4 is 11.9 Å². The van der Waals surface area contributed by atoms with Gasteiger partial charge in [-0.1, -0.05) is 162 Å².